The number of carbonyl (C=O) groups is 1. The highest BCUT2D eigenvalue weighted by Gasteiger charge is 2.15. The van der Waals surface area contributed by atoms with Crippen molar-refractivity contribution in [2.75, 3.05) is 0 Å². The summed E-state index contributed by atoms with van der Waals surface area (Å²) in [7, 11) is 0. The summed E-state index contributed by atoms with van der Waals surface area (Å²) in [5.41, 5.74) is 4.06. The summed E-state index contributed by atoms with van der Waals surface area (Å²) in [6.45, 7) is 2.71. The van der Waals surface area contributed by atoms with E-state index in [2.05, 4.69) is 29.4 Å². The van der Waals surface area contributed by atoms with Crippen molar-refractivity contribution in [1.82, 2.24) is 9.78 Å². The summed E-state index contributed by atoms with van der Waals surface area (Å²) in [4.78, 5) is 11.0. The van der Waals surface area contributed by atoms with Gasteiger partial charge in [-0.3, -0.25) is 9.48 Å². The van der Waals surface area contributed by atoms with Gasteiger partial charge in [-0.05, 0) is 37.3 Å². The predicted molar refractivity (Wildman–Crippen MR) is 84.6 cm³/mol. The molecule has 0 amide bonds. The van der Waals surface area contributed by atoms with E-state index in [4.69, 9.17) is 0 Å². The third-order valence-corrected chi connectivity index (χ3v) is 4.51. The Morgan fingerprint density at radius 2 is 1.90 bits per heavy atom. The number of rotatable bonds is 4. The van der Waals surface area contributed by atoms with Crippen LogP contribution in [-0.2, 0) is 6.54 Å². The van der Waals surface area contributed by atoms with E-state index in [1.165, 1.54) is 37.7 Å². The zero-order chi connectivity index (χ0) is 14.7. The number of carbonyl (C=O) groups excluding carboxylic acids is 1. The SMILES string of the molecule is CCn1nc(-c2ccc(C3CCCCC3)cc2)cc1C=O. The molecule has 0 aliphatic heterocycles. The molecule has 1 saturated carbocycles. The summed E-state index contributed by atoms with van der Waals surface area (Å²) >= 11 is 0. The molecule has 1 aliphatic rings. The zero-order valence-corrected chi connectivity index (χ0v) is 12.6. The van der Waals surface area contributed by atoms with Crippen LogP contribution < -0.4 is 0 Å². The molecule has 1 fully saturated rings. The van der Waals surface area contributed by atoms with Crippen LogP contribution in [0, 0.1) is 0 Å². The monoisotopic (exact) mass is 282 g/mol. The van der Waals surface area contributed by atoms with Gasteiger partial charge in [0.25, 0.3) is 0 Å². The highest BCUT2D eigenvalue weighted by Crippen LogP contribution is 2.33. The fourth-order valence-electron chi connectivity index (χ4n) is 3.28. The van der Waals surface area contributed by atoms with E-state index >= 15 is 0 Å². The van der Waals surface area contributed by atoms with Crippen molar-refractivity contribution in [3.63, 3.8) is 0 Å². The molecular formula is C18H22N2O. The first kappa shape index (κ1) is 14.1. The maximum absolute atomic E-state index is 11.0. The van der Waals surface area contributed by atoms with Crippen molar-refractivity contribution in [3.8, 4) is 11.3 Å². The number of aryl methyl sites for hydroxylation is 1. The summed E-state index contributed by atoms with van der Waals surface area (Å²) in [6.07, 6.45) is 7.61. The molecule has 0 spiro atoms. The average Bonchev–Trinajstić information content (AvgIpc) is 2.99. The number of nitrogens with zero attached hydrogens (tertiary/aromatic N) is 2. The Labute approximate surface area is 126 Å². The van der Waals surface area contributed by atoms with Crippen molar-refractivity contribution in [2.45, 2.75) is 51.5 Å². The number of hydrogen-bond donors (Lipinski definition) is 0. The van der Waals surface area contributed by atoms with E-state index < -0.39 is 0 Å². The average molecular weight is 282 g/mol. The van der Waals surface area contributed by atoms with Crippen LogP contribution in [0.4, 0.5) is 0 Å². The normalized spacial score (nSPS) is 16.0. The van der Waals surface area contributed by atoms with Crippen molar-refractivity contribution in [3.05, 3.63) is 41.6 Å². The van der Waals surface area contributed by atoms with E-state index in [0.29, 0.717) is 12.2 Å². The topological polar surface area (TPSA) is 34.9 Å². The van der Waals surface area contributed by atoms with Crippen molar-refractivity contribution < 1.29 is 4.79 Å². The Morgan fingerprint density at radius 3 is 2.48 bits per heavy atom. The zero-order valence-electron chi connectivity index (χ0n) is 12.6. The van der Waals surface area contributed by atoms with Crippen LogP contribution in [0.25, 0.3) is 11.3 Å². The second kappa shape index (κ2) is 6.25. The molecule has 1 aromatic carbocycles. The minimum absolute atomic E-state index is 0.642. The van der Waals surface area contributed by atoms with E-state index in [1.54, 1.807) is 4.68 Å². The largest absolute Gasteiger partial charge is 0.296 e. The summed E-state index contributed by atoms with van der Waals surface area (Å²) in [5.74, 6) is 0.728. The quantitative estimate of drug-likeness (QED) is 0.777. The number of aromatic nitrogens is 2. The maximum atomic E-state index is 11.0. The summed E-state index contributed by atoms with van der Waals surface area (Å²) < 4.78 is 1.75. The molecule has 1 aliphatic carbocycles. The van der Waals surface area contributed by atoms with Crippen molar-refractivity contribution in [1.29, 1.82) is 0 Å². The van der Waals surface area contributed by atoms with Crippen molar-refractivity contribution >= 4 is 6.29 Å². The van der Waals surface area contributed by atoms with E-state index in [1.807, 2.05) is 13.0 Å². The summed E-state index contributed by atoms with van der Waals surface area (Å²) in [5, 5.41) is 4.50. The fraction of sp³-hybridized carbons (Fsp3) is 0.444. The molecule has 0 N–H and O–H groups in total. The maximum Gasteiger partial charge on any atom is 0.168 e. The third-order valence-electron chi connectivity index (χ3n) is 4.51. The van der Waals surface area contributed by atoms with Gasteiger partial charge in [0, 0.05) is 12.1 Å². The highest BCUT2D eigenvalue weighted by atomic mass is 16.1. The lowest BCUT2D eigenvalue weighted by atomic mass is 9.84. The van der Waals surface area contributed by atoms with Gasteiger partial charge in [-0.2, -0.15) is 5.10 Å². The minimum atomic E-state index is 0.642. The minimum Gasteiger partial charge on any atom is -0.296 e. The first-order valence-corrected chi connectivity index (χ1v) is 7.95. The molecule has 1 aromatic heterocycles. The molecule has 110 valence electrons. The molecule has 3 rings (SSSR count). The molecular weight excluding hydrogens is 260 g/mol. The standard InChI is InChI=1S/C18H22N2O/c1-2-20-17(13-21)12-18(19-20)16-10-8-15(9-11-16)14-6-4-3-5-7-14/h8-14H,2-7H2,1H3. The van der Waals surface area contributed by atoms with Gasteiger partial charge in [-0.25, -0.2) is 0 Å². The Morgan fingerprint density at radius 1 is 1.19 bits per heavy atom. The molecule has 0 atom stereocenters. The summed E-state index contributed by atoms with van der Waals surface area (Å²) in [6, 6.07) is 10.6. The van der Waals surface area contributed by atoms with Crippen molar-refractivity contribution in [2.24, 2.45) is 0 Å². The number of hydrogen-bond acceptors (Lipinski definition) is 2. The van der Waals surface area contributed by atoms with Crippen LogP contribution in [0.15, 0.2) is 30.3 Å². The Hall–Kier alpha value is -1.90. The van der Waals surface area contributed by atoms with Crippen LogP contribution in [0.1, 0.15) is 61.0 Å². The van der Waals surface area contributed by atoms with Gasteiger partial charge >= 0.3 is 0 Å². The van der Waals surface area contributed by atoms with E-state index in [9.17, 15) is 4.79 Å². The van der Waals surface area contributed by atoms with E-state index in [-0.39, 0.29) is 0 Å². The molecule has 0 unspecified atom stereocenters. The van der Waals surface area contributed by atoms with Gasteiger partial charge in [-0.1, -0.05) is 43.5 Å². The Kier molecular flexibility index (Phi) is 4.18. The second-order valence-corrected chi connectivity index (χ2v) is 5.85. The molecule has 21 heavy (non-hydrogen) atoms. The van der Waals surface area contributed by atoms with Crippen LogP contribution in [-0.4, -0.2) is 16.1 Å². The lowest BCUT2D eigenvalue weighted by Gasteiger charge is -2.22. The van der Waals surface area contributed by atoms with Crippen LogP contribution in [0.2, 0.25) is 0 Å². The van der Waals surface area contributed by atoms with Gasteiger partial charge in [-0.15, -0.1) is 0 Å². The van der Waals surface area contributed by atoms with Crippen LogP contribution in [0.5, 0.6) is 0 Å². The van der Waals surface area contributed by atoms with Gasteiger partial charge < -0.3 is 0 Å². The Balaban J connectivity index is 1.83. The lowest BCUT2D eigenvalue weighted by Crippen LogP contribution is -2.04. The van der Waals surface area contributed by atoms with Gasteiger partial charge in [0.05, 0.1) is 5.69 Å². The molecule has 0 saturated heterocycles. The molecule has 3 heteroatoms. The molecule has 0 bridgehead atoms. The first-order valence-electron chi connectivity index (χ1n) is 7.95. The molecule has 0 radical (unpaired) electrons. The number of benzene rings is 1. The second-order valence-electron chi connectivity index (χ2n) is 5.85. The third kappa shape index (κ3) is 2.92. The molecule has 3 nitrogen and oxygen atoms in total. The lowest BCUT2D eigenvalue weighted by molar-refractivity contribution is 0.111. The first-order chi connectivity index (χ1) is 10.3. The van der Waals surface area contributed by atoms with Gasteiger partial charge in [0.1, 0.15) is 5.69 Å². The van der Waals surface area contributed by atoms with E-state index in [0.717, 1.165) is 23.5 Å². The van der Waals surface area contributed by atoms with Gasteiger partial charge in [0.15, 0.2) is 6.29 Å². The molecule has 2 aromatic rings. The van der Waals surface area contributed by atoms with Crippen LogP contribution in [0.3, 0.4) is 0 Å². The fourth-order valence-corrected chi connectivity index (χ4v) is 3.28. The highest BCUT2D eigenvalue weighted by molar-refractivity contribution is 5.75. The van der Waals surface area contributed by atoms with Gasteiger partial charge in [0.2, 0.25) is 0 Å². The Bertz CT molecular complexity index is 607. The predicted octanol–water partition coefficient (Wildman–Crippen LogP) is 4.43. The van der Waals surface area contributed by atoms with Crippen LogP contribution >= 0.6 is 0 Å². The smallest absolute Gasteiger partial charge is 0.168 e. The number of aldehydes is 1. The molecule has 1 heterocycles.